The van der Waals surface area contributed by atoms with E-state index in [0.29, 0.717) is 11.1 Å². The second-order valence-electron chi connectivity index (χ2n) is 10.9. The summed E-state index contributed by atoms with van der Waals surface area (Å²) in [6.45, 7) is 0. The Balaban J connectivity index is 1.29. The minimum absolute atomic E-state index is 0.0323. The Morgan fingerprint density at radius 1 is 0.347 bits per heavy atom. The first-order valence-corrected chi connectivity index (χ1v) is 16.0. The molecule has 0 aliphatic rings. The smallest absolute Gasteiger partial charge is 0.164 e. The van der Waals surface area contributed by atoms with E-state index < -0.39 is 113 Å². The summed E-state index contributed by atoms with van der Waals surface area (Å²) in [6.07, 6.45) is 0. The molecule has 0 atom stereocenters. The fourth-order valence-corrected chi connectivity index (χ4v) is 6.34. The third-order valence-corrected chi connectivity index (χ3v) is 8.80. The van der Waals surface area contributed by atoms with Gasteiger partial charge >= 0.3 is 0 Å². The highest BCUT2D eigenvalue weighted by Crippen LogP contribution is 2.37. The molecule has 0 fully saturated rings. The Labute approximate surface area is 310 Å². The van der Waals surface area contributed by atoms with Crippen molar-refractivity contribution in [3.63, 3.8) is 0 Å². The molecule has 7 aromatic carbocycles. The van der Waals surface area contributed by atoms with Crippen LogP contribution in [0.3, 0.4) is 0 Å². The Bertz CT molecular complexity index is 3440. The van der Waals surface area contributed by atoms with Crippen LogP contribution in [0.15, 0.2) is 176 Å². The molecule has 2 heterocycles. The first kappa shape index (κ1) is 17.3. The summed E-state index contributed by atoms with van der Waals surface area (Å²) in [5.74, 6) is 0.0871. The number of thiophene rings is 1. The van der Waals surface area contributed by atoms with Gasteiger partial charge in [0.05, 0.1) is 20.6 Å². The monoisotopic (exact) mass is 658 g/mol. The highest BCUT2D eigenvalue weighted by molar-refractivity contribution is 7.25. The van der Waals surface area contributed by atoms with Gasteiger partial charge in [-0.25, -0.2) is 15.0 Å². The second kappa shape index (κ2) is 12.4. The molecule has 2 aromatic heterocycles. The minimum Gasteiger partial charge on any atom is -0.208 e. The van der Waals surface area contributed by atoms with E-state index in [4.69, 9.17) is 21.4 Å². The fraction of sp³-hybridized carbons (Fsp3) is 0. The number of hydrogen-bond acceptors (Lipinski definition) is 4. The average molecular weight is 659 g/mol. The highest BCUT2D eigenvalue weighted by atomic mass is 32.1. The lowest BCUT2D eigenvalue weighted by Gasteiger charge is -2.11. The predicted molar refractivity (Wildman–Crippen MR) is 205 cm³/mol. The summed E-state index contributed by atoms with van der Waals surface area (Å²) in [4.78, 5) is 14.1. The number of rotatable bonds is 6. The van der Waals surface area contributed by atoms with Gasteiger partial charge in [0.2, 0.25) is 0 Å². The van der Waals surface area contributed by atoms with Crippen LogP contribution in [0.5, 0.6) is 0 Å². The van der Waals surface area contributed by atoms with Gasteiger partial charge in [0.15, 0.2) is 17.5 Å². The van der Waals surface area contributed by atoms with E-state index in [1.165, 1.54) is 0 Å². The van der Waals surface area contributed by atoms with E-state index >= 15 is 0 Å². The number of aromatic nitrogens is 3. The number of hydrogen-bond donors (Lipinski definition) is 0. The first-order valence-electron chi connectivity index (χ1n) is 22.6. The topological polar surface area (TPSA) is 38.7 Å². The number of nitrogens with zero attached hydrogens (tertiary/aromatic N) is 3. The van der Waals surface area contributed by atoms with Crippen molar-refractivity contribution in [3.05, 3.63) is 176 Å². The third kappa shape index (κ3) is 5.69. The van der Waals surface area contributed by atoms with Crippen LogP contribution in [0.25, 0.3) is 87.7 Å². The average Bonchev–Trinajstić information content (AvgIpc) is 3.72. The molecular formula is C45H29N3S. The van der Waals surface area contributed by atoms with Gasteiger partial charge in [-0.05, 0) is 57.6 Å². The SMILES string of the molecule is [2H]c1c([2H])c(-c2nc(-c3ccccc3)nc(-c3ccc(-c4ccccc4)cc3)n2)c([2H])c(-c2c([2H])c([2H])c([2H])c(-c3c([2H])c([2H])c4c(sc5c([2H])c([2H])c([2H])c([2H])c54)c3[2H])c2[2H])c1[2H]. The molecule has 3 nitrogen and oxygen atoms in total. The summed E-state index contributed by atoms with van der Waals surface area (Å²) in [7, 11) is 0. The van der Waals surface area contributed by atoms with Crippen molar-refractivity contribution in [1.82, 2.24) is 15.0 Å². The molecule has 230 valence electrons. The van der Waals surface area contributed by atoms with Crippen LogP contribution in [0.4, 0.5) is 0 Å². The molecule has 0 saturated carbocycles. The van der Waals surface area contributed by atoms with Crippen LogP contribution in [0.1, 0.15) is 20.6 Å². The lowest BCUT2D eigenvalue weighted by Crippen LogP contribution is -2.00. The molecule has 49 heavy (non-hydrogen) atoms. The fourth-order valence-electron chi connectivity index (χ4n) is 5.37. The molecule has 0 aliphatic heterocycles. The minimum atomic E-state index is -0.808. The van der Waals surface area contributed by atoms with E-state index in [-0.39, 0.29) is 43.2 Å². The van der Waals surface area contributed by atoms with Crippen molar-refractivity contribution in [2.45, 2.75) is 0 Å². The van der Waals surface area contributed by atoms with Gasteiger partial charge < -0.3 is 0 Å². The zero-order valence-electron chi connectivity index (χ0n) is 40.3. The van der Waals surface area contributed by atoms with Gasteiger partial charge in [-0.2, -0.15) is 0 Å². The van der Waals surface area contributed by atoms with E-state index in [2.05, 4.69) is 9.97 Å². The van der Waals surface area contributed by atoms with Gasteiger partial charge in [0, 0.05) is 36.9 Å². The van der Waals surface area contributed by atoms with Gasteiger partial charge in [0.1, 0.15) is 0 Å². The van der Waals surface area contributed by atoms with Crippen LogP contribution in [0, 0.1) is 0 Å². The summed E-state index contributed by atoms with van der Waals surface area (Å²) in [5, 5.41) is -0.155. The van der Waals surface area contributed by atoms with Crippen LogP contribution >= 0.6 is 11.3 Å². The van der Waals surface area contributed by atoms with Crippen molar-refractivity contribution >= 4 is 31.5 Å². The van der Waals surface area contributed by atoms with E-state index in [1.54, 1.807) is 30.3 Å². The second-order valence-corrected chi connectivity index (χ2v) is 11.9. The lowest BCUT2D eigenvalue weighted by atomic mass is 9.97. The molecule has 0 radical (unpaired) electrons. The molecule has 0 N–H and O–H groups in total. The van der Waals surface area contributed by atoms with Crippen LogP contribution in [0.2, 0.25) is 0 Å². The van der Waals surface area contributed by atoms with Gasteiger partial charge in [0.25, 0.3) is 0 Å². The molecule has 0 bridgehead atoms. The molecule has 9 aromatic rings. The van der Waals surface area contributed by atoms with Crippen molar-refractivity contribution in [2.24, 2.45) is 0 Å². The van der Waals surface area contributed by atoms with Crippen molar-refractivity contribution in [2.75, 3.05) is 0 Å². The number of fused-ring (bicyclic) bond motifs is 3. The largest absolute Gasteiger partial charge is 0.208 e. The maximum absolute atomic E-state index is 9.56. The quantitative estimate of drug-likeness (QED) is 0.178. The molecule has 9 rings (SSSR count). The van der Waals surface area contributed by atoms with Crippen LogP contribution in [-0.2, 0) is 0 Å². The zero-order valence-corrected chi connectivity index (χ0v) is 26.1. The summed E-state index contributed by atoms with van der Waals surface area (Å²) < 4.78 is 134. The summed E-state index contributed by atoms with van der Waals surface area (Å²) in [5.41, 5.74) is 0.547. The Morgan fingerprint density at radius 3 is 1.49 bits per heavy atom. The molecule has 0 spiro atoms. The standard InChI is InChI=1S/C45H29N3S/c1-3-11-30(12-4-1)31-21-23-33(24-22-31)44-46-43(32-13-5-2-6-14-32)47-45(48-44)38-18-10-17-36(28-38)34-15-9-16-35(27-34)37-25-26-40-39-19-7-8-20-41(39)49-42(40)29-37/h1-29H/i7D,8D,9D,10D,15D,16D,17D,18D,19D,20D,25D,26D,27D,28D,29D. The van der Waals surface area contributed by atoms with Crippen molar-refractivity contribution in [3.8, 4) is 67.5 Å². The molecule has 0 aliphatic carbocycles. The molecule has 0 unspecified atom stereocenters. The maximum Gasteiger partial charge on any atom is 0.164 e. The maximum atomic E-state index is 9.56. The van der Waals surface area contributed by atoms with Gasteiger partial charge in [-0.3, -0.25) is 0 Å². The van der Waals surface area contributed by atoms with Crippen LogP contribution in [-0.4, -0.2) is 15.0 Å². The Hall–Kier alpha value is -6.23. The normalized spacial score (nSPS) is 15.6. The Morgan fingerprint density at radius 2 is 0.816 bits per heavy atom. The molecule has 0 saturated heterocycles. The van der Waals surface area contributed by atoms with Gasteiger partial charge in [-0.15, -0.1) is 11.3 Å². The lowest BCUT2D eigenvalue weighted by molar-refractivity contribution is 1.07. The first-order chi connectivity index (χ1) is 30.5. The summed E-state index contributed by atoms with van der Waals surface area (Å²) in [6, 6.07) is 16.4. The highest BCUT2D eigenvalue weighted by Gasteiger charge is 2.14. The van der Waals surface area contributed by atoms with Crippen molar-refractivity contribution < 1.29 is 20.6 Å². The van der Waals surface area contributed by atoms with E-state index in [9.17, 15) is 4.11 Å². The van der Waals surface area contributed by atoms with E-state index in [1.807, 2.05) is 54.6 Å². The number of benzene rings is 7. The zero-order chi connectivity index (χ0) is 45.6. The molecule has 4 heteroatoms. The van der Waals surface area contributed by atoms with Crippen molar-refractivity contribution in [1.29, 1.82) is 0 Å². The van der Waals surface area contributed by atoms with Crippen LogP contribution < -0.4 is 0 Å². The third-order valence-electron chi connectivity index (χ3n) is 7.78. The Kier molecular flexibility index (Phi) is 4.37. The van der Waals surface area contributed by atoms with E-state index in [0.717, 1.165) is 22.5 Å². The molecular weight excluding hydrogens is 615 g/mol. The molecule has 0 amide bonds. The predicted octanol–water partition coefficient (Wildman–Crippen LogP) is 12.2. The van der Waals surface area contributed by atoms with Gasteiger partial charge in [-0.1, -0.05) is 151 Å². The summed E-state index contributed by atoms with van der Waals surface area (Å²) >= 11 is 0.777.